The highest BCUT2D eigenvalue weighted by atomic mass is 16.3. The fourth-order valence-electron chi connectivity index (χ4n) is 0.809. The van der Waals surface area contributed by atoms with Crippen LogP contribution in [-0.2, 0) is 0 Å². The van der Waals surface area contributed by atoms with Crippen molar-refractivity contribution >= 4 is 0 Å². The fraction of sp³-hybridized carbons (Fsp3) is 0.375. The molecule has 0 aliphatic rings. The highest BCUT2D eigenvalue weighted by Gasteiger charge is 2.01. The number of rotatable bonds is 2. The molecule has 0 saturated heterocycles. The van der Waals surface area contributed by atoms with Crippen LogP contribution in [-0.4, -0.2) is 10.1 Å². The standard InChI is InChI=1S/C8H11NO/c1-2-8(10)7-4-3-5-9-6-7/h3-6,8,10H,2H2,1H3/t8-/m0/s1. The number of aromatic nitrogens is 1. The van der Waals surface area contributed by atoms with Crippen LogP contribution in [0.25, 0.3) is 0 Å². The van der Waals surface area contributed by atoms with Crippen molar-refractivity contribution in [1.29, 1.82) is 0 Å². The molecule has 1 heterocycles. The van der Waals surface area contributed by atoms with E-state index in [1.54, 1.807) is 12.4 Å². The van der Waals surface area contributed by atoms with Gasteiger partial charge in [0.25, 0.3) is 0 Å². The Kier molecular flexibility index (Phi) is 2.40. The second-order valence-corrected chi connectivity index (χ2v) is 2.21. The van der Waals surface area contributed by atoms with Crippen LogP contribution in [0.4, 0.5) is 0 Å². The molecule has 1 N–H and O–H groups in total. The molecule has 1 aromatic rings. The minimum Gasteiger partial charge on any atom is -0.388 e. The van der Waals surface area contributed by atoms with Crippen molar-refractivity contribution < 1.29 is 5.11 Å². The van der Waals surface area contributed by atoms with Gasteiger partial charge < -0.3 is 5.11 Å². The van der Waals surface area contributed by atoms with Gasteiger partial charge in [-0.1, -0.05) is 13.0 Å². The molecule has 0 bridgehead atoms. The van der Waals surface area contributed by atoms with E-state index in [4.69, 9.17) is 0 Å². The summed E-state index contributed by atoms with van der Waals surface area (Å²) in [6.45, 7) is 1.94. The fourth-order valence-corrected chi connectivity index (χ4v) is 0.809. The summed E-state index contributed by atoms with van der Waals surface area (Å²) in [7, 11) is 0. The molecule has 0 aromatic carbocycles. The highest BCUT2D eigenvalue weighted by Crippen LogP contribution is 2.12. The molecule has 0 unspecified atom stereocenters. The van der Waals surface area contributed by atoms with Crippen molar-refractivity contribution in [2.45, 2.75) is 19.4 Å². The third-order valence-corrected chi connectivity index (χ3v) is 1.46. The Labute approximate surface area is 60.5 Å². The number of aliphatic hydroxyl groups is 1. The van der Waals surface area contributed by atoms with E-state index in [9.17, 15) is 5.11 Å². The van der Waals surface area contributed by atoms with Gasteiger partial charge in [-0.3, -0.25) is 4.98 Å². The van der Waals surface area contributed by atoms with Gasteiger partial charge in [-0.05, 0) is 18.1 Å². The van der Waals surface area contributed by atoms with E-state index < -0.39 is 0 Å². The first-order valence-electron chi connectivity index (χ1n) is 3.42. The monoisotopic (exact) mass is 137 g/mol. The third-order valence-electron chi connectivity index (χ3n) is 1.46. The van der Waals surface area contributed by atoms with Crippen LogP contribution in [0.5, 0.6) is 0 Å². The normalized spacial score (nSPS) is 13.0. The van der Waals surface area contributed by atoms with E-state index in [-0.39, 0.29) is 6.10 Å². The maximum atomic E-state index is 9.29. The summed E-state index contributed by atoms with van der Waals surface area (Å²) in [4.78, 5) is 3.89. The number of hydrogen-bond donors (Lipinski definition) is 1. The molecular formula is C8H11NO. The Morgan fingerprint density at radius 1 is 1.70 bits per heavy atom. The van der Waals surface area contributed by atoms with E-state index in [0.29, 0.717) is 0 Å². The van der Waals surface area contributed by atoms with Gasteiger partial charge >= 0.3 is 0 Å². The number of aliphatic hydroxyl groups excluding tert-OH is 1. The molecule has 0 aliphatic heterocycles. The molecule has 2 heteroatoms. The van der Waals surface area contributed by atoms with Gasteiger partial charge in [-0.25, -0.2) is 0 Å². The number of nitrogens with zero attached hydrogens (tertiary/aromatic N) is 1. The van der Waals surface area contributed by atoms with Gasteiger partial charge in [-0.2, -0.15) is 0 Å². The highest BCUT2D eigenvalue weighted by molar-refractivity contribution is 5.11. The first kappa shape index (κ1) is 7.22. The van der Waals surface area contributed by atoms with E-state index in [1.807, 2.05) is 19.1 Å². The second kappa shape index (κ2) is 3.32. The molecular weight excluding hydrogens is 126 g/mol. The molecule has 0 fully saturated rings. The lowest BCUT2D eigenvalue weighted by atomic mass is 10.1. The Morgan fingerprint density at radius 2 is 2.50 bits per heavy atom. The molecule has 2 nitrogen and oxygen atoms in total. The van der Waals surface area contributed by atoms with Gasteiger partial charge in [0.2, 0.25) is 0 Å². The summed E-state index contributed by atoms with van der Waals surface area (Å²) in [5.41, 5.74) is 0.894. The zero-order chi connectivity index (χ0) is 7.40. The summed E-state index contributed by atoms with van der Waals surface area (Å²) in [5.74, 6) is 0. The molecule has 1 atom stereocenters. The van der Waals surface area contributed by atoms with Gasteiger partial charge in [0.05, 0.1) is 6.10 Å². The van der Waals surface area contributed by atoms with Crippen LogP contribution in [0, 0.1) is 0 Å². The number of pyridine rings is 1. The minimum absolute atomic E-state index is 0.353. The maximum Gasteiger partial charge on any atom is 0.0802 e. The zero-order valence-electron chi connectivity index (χ0n) is 5.99. The summed E-state index contributed by atoms with van der Waals surface area (Å²) in [6, 6.07) is 3.70. The quantitative estimate of drug-likeness (QED) is 0.670. The van der Waals surface area contributed by atoms with Crippen LogP contribution >= 0.6 is 0 Å². The molecule has 0 saturated carbocycles. The van der Waals surface area contributed by atoms with Crippen molar-refractivity contribution in [2.75, 3.05) is 0 Å². The lowest BCUT2D eigenvalue weighted by Crippen LogP contribution is -1.94. The Bertz CT molecular complexity index is 186. The summed E-state index contributed by atoms with van der Waals surface area (Å²) >= 11 is 0. The van der Waals surface area contributed by atoms with Gasteiger partial charge in [0.1, 0.15) is 0 Å². The molecule has 0 aliphatic carbocycles. The molecule has 1 aromatic heterocycles. The van der Waals surface area contributed by atoms with E-state index in [0.717, 1.165) is 12.0 Å². The van der Waals surface area contributed by atoms with Gasteiger partial charge in [0, 0.05) is 12.4 Å². The average molecular weight is 137 g/mol. The predicted octanol–water partition coefficient (Wildman–Crippen LogP) is 1.52. The van der Waals surface area contributed by atoms with Crippen LogP contribution in [0.15, 0.2) is 24.5 Å². The van der Waals surface area contributed by atoms with E-state index >= 15 is 0 Å². The molecule has 1 rings (SSSR count). The first-order chi connectivity index (χ1) is 4.84. The van der Waals surface area contributed by atoms with Crippen molar-refractivity contribution in [3.05, 3.63) is 30.1 Å². The van der Waals surface area contributed by atoms with Crippen LogP contribution in [0.2, 0.25) is 0 Å². The summed E-state index contributed by atoms with van der Waals surface area (Å²) < 4.78 is 0. The largest absolute Gasteiger partial charge is 0.388 e. The SMILES string of the molecule is CC[C@H](O)c1cccnc1. The van der Waals surface area contributed by atoms with Crippen molar-refractivity contribution in [2.24, 2.45) is 0 Å². The van der Waals surface area contributed by atoms with Gasteiger partial charge in [0.15, 0.2) is 0 Å². The van der Waals surface area contributed by atoms with Crippen molar-refractivity contribution in [3.8, 4) is 0 Å². The predicted molar refractivity (Wildman–Crippen MR) is 39.5 cm³/mol. The molecule has 0 amide bonds. The van der Waals surface area contributed by atoms with E-state index in [2.05, 4.69) is 4.98 Å². The smallest absolute Gasteiger partial charge is 0.0802 e. The Balaban J connectivity index is 2.75. The van der Waals surface area contributed by atoms with Crippen LogP contribution < -0.4 is 0 Å². The maximum absolute atomic E-state index is 9.29. The molecule has 10 heavy (non-hydrogen) atoms. The van der Waals surface area contributed by atoms with Gasteiger partial charge in [-0.15, -0.1) is 0 Å². The summed E-state index contributed by atoms with van der Waals surface area (Å²) in [6.07, 6.45) is 3.78. The van der Waals surface area contributed by atoms with Crippen molar-refractivity contribution in [3.63, 3.8) is 0 Å². The zero-order valence-corrected chi connectivity index (χ0v) is 5.99. The Morgan fingerprint density at radius 3 is 3.00 bits per heavy atom. The summed E-state index contributed by atoms with van der Waals surface area (Å²) in [5, 5.41) is 9.29. The molecule has 0 spiro atoms. The lowest BCUT2D eigenvalue weighted by Gasteiger charge is -2.05. The minimum atomic E-state index is -0.353. The topological polar surface area (TPSA) is 33.1 Å². The van der Waals surface area contributed by atoms with Crippen LogP contribution in [0.3, 0.4) is 0 Å². The van der Waals surface area contributed by atoms with E-state index in [1.165, 1.54) is 0 Å². The second-order valence-electron chi connectivity index (χ2n) is 2.21. The lowest BCUT2D eigenvalue weighted by molar-refractivity contribution is 0.173. The first-order valence-corrected chi connectivity index (χ1v) is 3.42. The molecule has 0 radical (unpaired) electrons. The van der Waals surface area contributed by atoms with Crippen molar-refractivity contribution in [1.82, 2.24) is 4.98 Å². The average Bonchev–Trinajstić information content (AvgIpc) is 2.05. The Hall–Kier alpha value is -0.890. The van der Waals surface area contributed by atoms with Crippen LogP contribution in [0.1, 0.15) is 25.0 Å². The number of hydrogen-bond acceptors (Lipinski definition) is 2. The molecule has 54 valence electrons. The third kappa shape index (κ3) is 1.54.